The monoisotopic (exact) mass is 327 g/mol. The number of amides is 2. The molecule has 5 nitrogen and oxygen atoms in total. The lowest BCUT2D eigenvalue weighted by Gasteiger charge is -2.32. The second kappa shape index (κ2) is 6.75. The second-order valence-corrected chi connectivity index (χ2v) is 7.04. The molecular formula is C19H25N3O2. The lowest BCUT2D eigenvalue weighted by molar-refractivity contribution is -0.126. The Hall–Kier alpha value is -2.17. The van der Waals surface area contributed by atoms with Gasteiger partial charge >= 0.3 is 0 Å². The molecule has 0 bridgehead atoms. The minimum absolute atomic E-state index is 0.00986. The lowest BCUT2D eigenvalue weighted by atomic mass is 9.99. The van der Waals surface area contributed by atoms with Crippen LogP contribution in [0.1, 0.15) is 43.7 Å². The summed E-state index contributed by atoms with van der Waals surface area (Å²) >= 11 is 0. The number of hydrogen-bond donors (Lipinski definition) is 0. The number of rotatable bonds is 2. The summed E-state index contributed by atoms with van der Waals surface area (Å²) in [5.41, 5.74) is 3.33. The van der Waals surface area contributed by atoms with Crippen LogP contribution in [0.25, 0.3) is 0 Å². The third-order valence-corrected chi connectivity index (χ3v) is 4.82. The third kappa shape index (κ3) is 3.35. The summed E-state index contributed by atoms with van der Waals surface area (Å²) in [5, 5.41) is 5.87. The van der Waals surface area contributed by atoms with Crippen LogP contribution in [0.2, 0.25) is 0 Å². The SMILES string of the molecule is Cc1ccc(C)c(N2N=C(C(=O)N3CCC[C@H](C)C3)CCC2=O)c1. The molecule has 3 rings (SSSR count). The molecular weight excluding hydrogens is 302 g/mol. The number of anilines is 1. The summed E-state index contributed by atoms with van der Waals surface area (Å²) in [6, 6.07) is 5.95. The van der Waals surface area contributed by atoms with Gasteiger partial charge in [-0.3, -0.25) is 9.59 Å². The van der Waals surface area contributed by atoms with Gasteiger partial charge in [0.25, 0.3) is 5.91 Å². The largest absolute Gasteiger partial charge is 0.337 e. The Morgan fingerprint density at radius 2 is 2.04 bits per heavy atom. The van der Waals surface area contributed by atoms with Crippen molar-refractivity contribution >= 4 is 23.2 Å². The quantitative estimate of drug-likeness (QED) is 0.838. The van der Waals surface area contributed by atoms with Crippen molar-refractivity contribution in [1.29, 1.82) is 0 Å². The predicted octanol–water partition coefficient (Wildman–Crippen LogP) is 3.04. The van der Waals surface area contributed by atoms with Crippen LogP contribution >= 0.6 is 0 Å². The van der Waals surface area contributed by atoms with Gasteiger partial charge in [0.2, 0.25) is 5.91 Å². The topological polar surface area (TPSA) is 53.0 Å². The van der Waals surface area contributed by atoms with E-state index in [1.807, 2.05) is 36.9 Å². The van der Waals surface area contributed by atoms with Gasteiger partial charge in [-0.05, 0) is 49.8 Å². The van der Waals surface area contributed by atoms with Gasteiger partial charge < -0.3 is 4.90 Å². The number of carbonyl (C=O) groups excluding carboxylic acids is 2. The average Bonchev–Trinajstić information content (AvgIpc) is 2.57. The fourth-order valence-electron chi connectivity index (χ4n) is 3.40. The normalized spacial score (nSPS) is 21.7. The summed E-state index contributed by atoms with van der Waals surface area (Å²) in [6.45, 7) is 7.70. The van der Waals surface area contributed by atoms with Crippen molar-refractivity contribution < 1.29 is 9.59 Å². The van der Waals surface area contributed by atoms with E-state index in [1.165, 1.54) is 11.4 Å². The first-order valence-corrected chi connectivity index (χ1v) is 8.72. The summed E-state index contributed by atoms with van der Waals surface area (Å²) in [4.78, 5) is 27.0. The number of hydrazone groups is 1. The molecule has 0 aliphatic carbocycles. The maximum absolute atomic E-state index is 12.8. The zero-order chi connectivity index (χ0) is 17.3. The zero-order valence-electron chi connectivity index (χ0n) is 14.7. The maximum atomic E-state index is 12.8. The Balaban J connectivity index is 1.88. The van der Waals surface area contributed by atoms with Crippen molar-refractivity contribution in [1.82, 2.24) is 4.90 Å². The van der Waals surface area contributed by atoms with Crippen molar-refractivity contribution in [2.75, 3.05) is 18.1 Å². The van der Waals surface area contributed by atoms with Gasteiger partial charge in [0, 0.05) is 25.9 Å². The van der Waals surface area contributed by atoms with E-state index in [1.54, 1.807) is 0 Å². The van der Waals surface area contributed by atoms with Gasteiger partial charge in [0.15, 0.2) is 0 Å². The van der Waals surface area contributed by atoms with Gasteiger partial charge in [0.05, 0.1) is 5.69 Å². The van der Waals surface area contributed by atoms with Crippen LogP contribution in [0.4, 0.5) is 5.69 Å². The van der Waals surface area contributed by atoms with Crippen LogP contribution in [-0.4, -0.2) is 35.5 Å². The first-order valence-electron chi connectivity index (χ1n) is 8.72. The number of hydrogen-bond acceptors (Lipinski definition) is 3. The number of benzene rings is 1. The van der Waals surface area contributed by atoms with Crippen LogP contribution in [0.5, 0.6) is 0 Å². The molecule has 0 radical (unpaired) electrons. The smallest absolute Gasteiger partial charge is 0.270 e. The highest BCUT2D eigenvalue weighted by Gasteiger charge is 2.30. The van der Waals surface area contributed by atoms with Crippen LogP contribution in [-0.2, 0) is 9.59 Å². The number of nitrogens with zero attached hydrogens (tertiary/aromatic N) is 3. The van der Waals surface area contributed by atoms with Crippen LogP contribution < -0.4 is 5.01 Å². The molecule has 0 aromatic heterocycles. The number of aryl methyl sites for hydroxylation is 2. The molecule has 0 spiro atoms. The third-order valence-electron chi connectivity index (χ3n) is 4.82. The molecule has 1 fully saturated rings. The molecule has 0 unspecified atom stereocenters. The highest BCUT2D eigenvalue weighted by molar-refractivity contribution is 6.40. The van der Waals surface area contributed by atoms with E-state index in [4.69, 9.17) is 0 Å². The minimum Gasteiger partial charge on any atom is -0.337 e. The summed E-state index contributed by atoms with van der Waals surface area (Å²) in [5.74, 6) is 0.472. The van der Waals surface area contributed by atoms with E-state index in [0.29, 0.717) is 24.5 Å². The molecule has 2 amide bonds. The van der Waals surface area contributed by atoms with Crippen LogP contribution in [0.15, 0.2) is 23.3 Å². The Bertz CT molecular complexity index is 696. The van der Waals surface area contributed by atoms with E-state index in [0.717, 1.165) is 36.3 Å². The van der Waals surface area contributed by atoms with Crippen molar-refractivity contribution in [3.63, 3.8) is 0 Å². The lowest BCUT2D eigenvalue weighted by Crippen LogP contribution is -2.45. The molecule has 1 saturated heterocycles. The van der Waals surface area contributed by atoms with Crippen LogP contribution in [0.3, 0.4) is 0 Å². The van der Waals surface area contributed by atoms with E-state index in [-0.39, 0.29) is 11.8 Å². The molecule has 128 valence electrons. The van der Waals surface area contributed by atoms with Gasteiger partial charge in [-0.1, -0.05) is 19.1 Å². The molecule has 24 heavy (non-hydrogen) atoms. The summed E-state index contributed by atoms with van der Waals surface area (Å²) < 4.78 is 0. The molecule has 5 heteroatoms. The van der Waals surface area contributed by atoms with Gasteiger partial charge in [-0.2, -0.15) is 5.10 Å². The van der Waals surface area contributed by atoms with Gasteiger partial charge in [-0.15, -0.1) is 0 Å². The van der Waals surface area contributed by atoms with E-state index < -0.39 is 0 Å². The van der Waals surface area contributed by atoms with E-state index in [9.17, 15) is 9.59 Å². The van der Waals surface area contributed by atoms with E-state index in [2.05, 4.69) is 12.0 Å². The van der Waals surface area contributed by atoms with Crippen molar-refractivity contribution in [3.05, 3.63) is 29.3 Å². The number of carbonyl (C=O) groups is 2. The summed E-state index contributed by atoms with van der Waals surface area (Å²) in [7, 11) is 0. The molecule has 0 saturated carbocycles. The highest BCUT2D eigenvalue weighted by atomic mass is 16.2. The average molecular weight is 327 g/mol. The number of likely N-dealkylation sites (tertiary alicyclic amines) is 1. The molecule has 2 aliphatic rings. The first kappa shape index (κ1) is 16.7. The van der Waals surface area contributed by atoms with E-state index >= 15 is 0 Å². The van der Waals surface area contributed by atoms with Gasteiger partial charge in [0.1, 0.15) is 5.71 Å². The molecule has 1 atom stereocenters. The van der Waals surface area contributed by atoms with Crippen molar-refractivity contribution in [2.24, 2.45) is 11.0 Å². The first-order chi connectivity index (χ1) is 11.5. The Morgan fingerprint density at radius 1 is 1.25 bits per heavy atom. The predicted molar refractivity (Wildman–Crippen MR) is 95.0 cm³/mol. The summed E-state index contributed by atoms with van der Waals surface area (Å²) in [6.07, 6.45) is 2.98. The van der Waals surface area contributed by atoms with Crippen molar-refractivity contribution in [2.45, 2.75) is 46.5 Å². The molecule has 2 aliphatic heterocycles. The Labute approximate surface area is 143 Å². The van der Waals surface area contributed by atoms with Gasteiger partial charge in [-0.25, -0.2) is 5.01 Å². The molecule has 1 aromatic carbocycles. The zero-order valence-corrected chi connectivity index (χ0v) is 14.7. The Kier molecular flexibility index (Phi) is 4.69. The fourth-order valence-corrected chi connectivity index (χ4v) is 3.40. The molecule has 2 heterocycles. The van der Waals surface area contributed by atoms with Crippen LogP contribution in [0, 0.1) is 19.8 Å². The fraction of sp³-hybridized carbons (Fsp3) is 0.526. The Morgan fingerprint density at radius 3 is 2.79 bits per heavy atom. The highest BCUT2D eigenvalue weighted by Crippen LogP contribution is 2.26. The molecule has 0 N–H and O–H groups in total. The van der Waals surface area contributed by atoms with Crippen molar-refractivity contribution in [3.8, 4) is 0 Å². The standard InChI is InChI=1S/C19H25N3O2/c1-13-6-7-15(3)17(11-13)22-18(23)9-8-16(20-22)19(24)21-10-4-5-14(2)12-21/h6-7,11,14H,4-5,8-10,12H2,1-3H3/t14-/m0/s1. The number of piperidine rings is 1. The molecule has 1 aromatic rings. The second-order valence-electron chi connectivity index (χ2n) is 7.04. The maximum Gasteiger partial charge on any atom is 0.270 e. The minimum atomic E-state index is -0.0488.